The first kappa shape index (κ1) is 17.2. The summed E-state index contributed by atoms with van der Waals surface area (Å²) in [4.78, 5) is 12.6. The second-order valence-electron chi connectivity index (χ2n) is 5.79. The Morgan fingerprint density at radius 1 is 0.920 bits per heavy atom. The lowest BCUT2D eigenvalue weighted by Crippen LogP contribution is -2.14. The molecule has 0 fully saturated rings. The molecule has 0 aliphatic carbocycles. The zero-order valence-electron chi connectivity index (χ0n) is 13.9. The largest absolute Gasteiger partial charge is 0.326 e. The standard InChI is InChI=1S/C20H19NO3S/c1-2-25(23,24)18-12-10-17(11-13-18)21-20(22)14-16-8-5-7-15-6-3-4-9-19(15)16/h3-13H,2,14H2,1H3,(H,21,22). The van der Waals surface area contributed by atoms with Crippen LogP contribution in [0.15, 0.2) is 71.6 Å². The van der Waals surface area contributed by atoms with Crippen LogP contribution < -0.4 is 5.32 Å². The number of sulfone groups is 1. The second kappa shape index (κ2) is 7.07. The van der Waals surface area contributed by atoms with Crippen molar-refractivity contribution < 1.29 is 13.2 Å². The number of carbonyl (C=O) groups is 1. The van der Waals surface area contributed by atoms with Crippen molar-refractivity contribution in [2.75, 3.05) is 11.1 Å². The van der Waals surface area contributed by atoms with E-state index in [0.29, 0.717) is 5.69 Å². The molecule has 0 atom stereocenters. The molecule has 3 aromatic carbocycles. The van der Waals surface area contributed by atoms with E-state index in [1.54, 1.807) is 19.1 Å². The summed E-state index contributed by atoms with van der Waals surface area (Å²) >= 11 is 0. The van der Waals surface area contributed by atoms with Crippen molar-refractivity contribution in [3.05, 3.63) is 72.3 Å². The Labute approximate surface area is 147 Å². The molecule has 0 radical (unpaired) electrons. The Hall–Kier alpha value is -2.66. The summed E-state index contributed by atoms with van der Waals surface area (Å²) in [6.45, 7) is 1.61. The van der Waals surface area contributed by atoms with Crippen molar-refractivity contribution in [2.45, 2.75) is 18.2 Å². The highest BCUT2D eigenvalue weighted by Crippen LogP contribution is 2.20. The number of carbonyl (C=O) groups excluding carboxylic acids is 1. The number of benzene rings is 3. The van der Waals surface area contributed by atoms with E-state index in [1.807, 2.05) is 42.5 Å². The summed E-state index contributed by atoms with van der Waals surface area (Å²) in [5, 5.41) is 4.98. The maximum atomic E-state index is 12.3. The van der Waals surface area contributed by atoms with Crippen LogP contribution in [0.5, 0.6) is 0 Å². The molecule has 1 N–H and O–H groups in total. The Bertz CT molecular complexity index is 1000. The van der Waals surface area contributed by atoms with Crippen LogP contribution >= 0.6 is 0 Å². The van der Waals surface area contributed by atoms with Crippen LogP contribution in [0.2, 0.25) is 0 Å². The average Bonchev–Trinajstić information content (AvgIpc) is 2.62. The molecule has 4 nitrogen and oxygen atoms in total. The van der Waals surface area contributed by atoms with Crippen molar-refractivity contribution in [2.24, 2.45) is 0 Å². The van der Waals surface area contributed by atoms with Gasteiger partial charge in [-0.25, -0.2) is 8.42 Å². The third kappa shape index (κ3) is 3.88. The summed E-state index contributed by atoms with van der Waals surface area (Å²) in [5.41, 5.74) is 1.54. The molecule has 0 unspecified atom stereocenters. The number of anilines is 1. The minimum atomic E-state index is -3.23. The smallest absolute Gasteiger partial charge is 0.228 e. The Morgan fingerprint density at radius 2 is 1.60 bits per heavy atom. The lowest BCUT2D eigenvalue weighted by Gasteiger charge is -2.09. The average molecular weight is 353 g/mol. The Morgan fingerprint density at radius 3 is 2.32 bits per heavy atom. The fourth-order valence-corrected chi connectivity index (χ4v) is 3.62. The van der Waals surface area contributed by atoms with Gasteiger partial charge in [0.15, 0.2) is 9.84 Å². The van der Waals surface area contributed by atoms with Crippen molar-refractivity contribution in [3.63, 3.8) is 0 Å². The van der Waals surface area contributed by atoms with Crippen LogP contribution in [0.3, 0.4) is 0 Å². The summed E-state index contributed by atoms with van der Waals surface area (Å²) < 4.78 is 23.6. The van der Waals surface area contributed by atoms with E-state index < -0.39 is 9.84 Å². The van der Waals surface area contributed by atoms with Crippen LogP contribution in [-0.4, -0.2) is 20.1 Å². The van der Waals surface area contributed by atoms with Gasteiger partial charge in [0.05, 0.1) is 17.1 Å². The molecule has 0 aliphatic heterocycles. The second-order valence-corrected chi connectivity index (χ2v) is 8.07. The van der Waals surface area contributed by atoms with Crippen LogP contribution in [-0.2, 0) is 21.1 Å². The van der Waals surface area contributed by atoms with E-state index in [4.69, 9.17) is 0 Å². The highest BCUT2D eigenvalue weighted by atomic mass is 32.2. The molecule has 5 heteroatoms. The molecule has 0 aliphatic rings. The first-order valence-electron chi connectivity index (χ1n) is 8.09. The normalized spacial score (nSPS) is 11.4. The van der Waals surface area contributed by atoms with Gasteiger partial charge >= 0.3 is 0 Å². The van der Waals surface area contributed by atoms with Gasteiger partial charge in [0.2, 0.25) is 5.91 Å². The van der Waals surface area contributed by atoms with E-state index in [0.717, 1.165) is 16.3 Å². The van der Waals surface area contributed by atoms with Crippen LogP contribution in [0.1, 0.15) is 12.5 Å². The number of rotatable bonds is 5. The van der Waals surface area contributed by atoms with Gasteiger partial charge in [-0.05, 0) is 40.6 Å². The number of nitrogens with one attached hydrogen (secondary N) is 1. The predicted molar refractivity (Wildman–Crippen MR) is 100 cm³/mol. The lowest BCUT2D eigenvalue weighted by molar-refractivity contribution is -0.115. The van der Waals surface area contributed by atoms with Crippen LogP contribution in [0.4, 0.5) is 5.69 Å². The number of fused-ring (bicyclic) bond motifs is 1. The van der Waals surface area contributed by atoms with Gasteiger partial charge in [-0.1, -0.05) is 49.4 Å². The van der Waals surface area contributed by atoms with Crippen LogP contribution in [0, 0.1) is 0 Å². The fraction of sp³-hybridized carbons (Fsp3) is 0.150. The van der Waals surface area contributed by atoms with Crippen molar-refractivity contribution in [3.8, 4) is 0 Å². The molecule has 25 heavy (non-hydrogen) atoms. The lowest BCUT2D eigenvalue weighted by atomic mass is 10.0. The van der Waals surface area contributed by atoms with Gasteiger partial charge in [0, 0.05) is 5.69 Å². The molecule has 0 saturated heterocycles. The first-order valence-corrected chi connectivity index (χ1v) is 9.74. The SMILES string of the molecule is CCS(=O)(=O)c1ccc(NC(=O)Cc2cccc3ccccc23)cc1. The molecule has 128 valence electrons. The van der Waals surface area contributed by atoms with Crippen molar-refractivity contribution in [1.29, 1.82) is 0 Å². The minimum absolute atomic E-state index is 0.0553. The summed E-state index contributed by atoms with van der Waals surface area (Å²) in [7, 11) is -3.23. The molecule has 3 rings (SSSR count). The first-order chi connectivity index (χ1) is 12.0. The fourth-order valence-electron chi connectivity index (χ4n) is 2.74. The topological polar surface area (TPSA) is 63.2 Å². The van der Waals surface area contributed by atoms with Gasteiger partial charge in [0.25, 0.3) is 0 Å². The third-order valence-corrected chi connectivity index (χ3v) is 5.86. The van der Waals surface area contributed by atoms with Gasteiger partial charge < -0.3 is 5.32 Å². The predicted octanol–water partition coefficient (Wildman–Crippen LogP) is 3.81. The van der Waals surface area contributed by atoms with E-state index in [9.17, 15) is 13.2 Å². The Kier molecular flexibility index (Phi) is 4.86. The molecular weight excluding hydrogens is 334 g/mol. The van der Waals surface area contributed by atoms with Crippen molar-refractivity contribution in [1.82, 2.24) is 0 Å². The minimum Gasteiger partial charge on any atom is -0.326 e. The van der Waals surface area contributed by atoms with E-state index in [-0.39, 0.29) is 23.0 Å². The molecular formula is C20H19NO3S. The summed E-state index contributed by atoms with van der Waals surface area (Å²) in [6, 6.07) is 20.1. The number of amides is 1. The zero-order chi connectivity index (χ0) is 17.9. The molecule has 3 aromatic rings. The molecule has 0 spiro atoms. The molecule has 0 aromatic heterocycles. The monoisotopic (exact) mass is 353 g/mol. The highest BCUT2D eigenvalue weighted by Gasteiger charge is 2.12. The maximum absolute atomic E-state index is 12.3. The van der Waals surface area contributed by atoms with Gasteiger partial charge in [-0.15, -0.1) is 0 Å². The van der Waals surface area contributed by atoms with E-state index >= 15 is 0 Å². The summed E-state index contributed by atoms with van der Waals surface area (Å²) in [5.74, 6) is -0.0813. The molecule has 0 heterocycles. The highest BCUT2D eigenvalue weighted by molar-refractivity contribution is 7.91. The maximum Gasteiger partial charge on any atom is 0.228 e. The third-order valence-electron chi connectivity index (χ3n) is 4.11. The summed E-state index contributed by atoms with van der Waals surface area (Å²) in [6.07, 6.45) is 0.260. The molecule has 0 saturated carbocycles. The van der Waals surface area contributed by atoms with Gasteiger partial charge in [0.1, 0.15) is 0 Å². The van der Waals surface area contributed by atoms with Crippen LogP contribution in [0.25, 0.3) is 10.8 Å². The van der Waals surface area contributed by atoms with E-state index in [1.165, 1.54) is 12.1 Å². The number of hydrogen-bond donors (Lipinski definition) is 1. The van der Waals surface area contributed by atoms with Crippen molar-refractivity contribution >= 4 is 32.2 Å². The molecule has 1 amide bonds. The number of hydrogen-bond acceptors (Lipinski definition) is 3. The zero-order valence-corrected chi connectivity index (χ0v) is 14.7. The van der Waals surface area contributed by atoms with E-state index in [2.05, 4.69) is 5.32 Å². The van der Waals surface area contributed by atoms with Gasteiger partial charge in [-0.2, -0.15) is 0 Å². The quantitative estimate of drug-likeness (QED) is 0.758. The molecule has 0 bridgehead atoms. The Balaban J connectivity index is 1.74. The van der Waals surface area contributed by atoms with Gasteiger partial charge in [-0.3, -0.25) is 4.79 Å².